The first-order valence-corrected chi connectivity index (χ1v) is 7.47. The molecule has 0 bridgehead atoms. The molecule has 0 atom stereocenters. The van der Waals surface area contributed by atoms with E-state index in [0.29, 0.717) is 35.2 Å². The number of anilines is 2. The van der Waals surface area contributed by atoms with E-state index >= 15 is 0 Å². The minimum atomic E-state index is -0.525. The van der Waals surface area contributed by atoms with Crippen molar-refractivity contribution in [1.29, 1.82) is 0 Å². The van der Waals surface area contributed by atoms with E-state index in [-0.39, 0.29) is 6.03 Å². The summed E-state index contributed by atoms with van der Waals surface area (Å²) >= 11 is 6.11. The number of nitrogens with two attached hydrogens (primary N) is 1. The standard InChI is InChI=1S/C16H15ClN4O2/c1-10-13(17)5-6-19-15(10)21-8-7-20(16(21)23)12-4-2-3-11(9-12)14(18)22/h2-6,9H,7-8H2,1H3,(H2,18,22). The summed E-state index contributed by atoms with van der Waals surface area (Å²) < 4.78 is 0. The third kappa shape index (κ3) is 2.73. The van der Waals surface area contributed by atoms with E-state index in [1.54, 1.807) is 46.3 Å². The Balaban J connectivity index is 1.91. The minimum absolute atomic E-state index is 0.204. The third-order valence-electron chi connectivity index (χ3n) is 3.82. The quantitative estimate of drug-likeness (QED) is 0.939. The highest BCUT2D eigenvalue weighted by atomic mass is 35.5. The summed E-state index contributed by atoms with van der Waals surface area (Å²) in [6.45, 7) is 2.82. The van der Waals surface area contributed by atoms with E-state index in [4.69, 9.17) is 17.3 Å². The van der Waals surface area contributed by atoms with Gasteiger partial charge in [-0.3, -0.25) is 14.6 Å². The van der Waals surface area contributed by atoms with E-state index in [1.165, 1.54) is 0 Å². The molecule has 1 aromatic carbocycles. The van der Waals surface area contributed by atoms with Crippen LogP contribution in [0.3, 0.4) is 0 Å². The maximum Gasteiger partial charge on any atom is 0.330 e. The lowest BCUT2D eigenvalue weighted by Crippen LogP contribution is -2.32. The Kier molecular flexibility index (Phi) is 3.92. The number of amides is 3. The fraction of sp³-hybridized carbons (Fsp3) is 0.188. The first-order chi connectivity index (χ1) is 11.0. The van der Waals surface area contributed by atoms with Crippen LogP contribution in [0.5, 0.6) is 0 Å². The molecule has 1 saturated heterocycles. The molecule has 1 aliphatic heterocycles. The van der Waals surface area contributed by atoms with E-state index in [9.17, 15) is 9.59 Å². The molecule has 7 heteroatoms. The van der Waals surface area contributed by atoms with Gasteiger partial charge >= 0.3 is 6.03 Å². The van der Waals surface area contributed by atoms with Crippen LogP contribution in [0.4, 0.5) is 16.3 Å². The maximum absolute atomic E-state index is 12.7. The van der Waals surface area contributed by atoms with Crippen LogP contribution >= 0.6 is 11.6 Å². The molecule has 118 valence electrons. The second-order valence-electron chi connectivity index (χ2n) is 5.24. The fourth-order valence-corrected chi connectivity index (χ4v) is 2.72. The number of nitrogens with zero attached hydrogens (tertiary/aromatic N) is 3. The normalized spacial score (nSPS) is 14.4. The van der Waals surface area contributed by atoms with E-state index in [1.807, 2.05) is 6.92 Å². The lowest BCUT2D eigenvalue weighted by atomic mass is 10.2. The summed E-state index contributed by atoms with van der Waals surface area (Å²) in [7, 11) is 0. The van der Waals surface area contributed by atoms with Crippen molar-refractivity contribution in [2.24, 2.45) is 5.73 Å². The summed E-state index contributed by atoms with van der Waals surface area (Å²) in [6.07, 6.45) is 1.58. The van der Waals surface area contributed by atoms with Gasteiger partial charge in [-0.15, -0.1) is 0 Å². The van der Waals surface area contributed by atoms with Crippen molar-refractivity contribution < 1.29 is 9.59 Å². The zero-order valence-corrected chi connectivity index (χ0v) is 13.2. The SMILES string of the molecule is Cc1c(Cl)ccnc1N1CCN(c2cccc(C(N)=O)c2)C1=O. The predicted molar refractivity (Wildman–Crippen MR) is 89.0 cm³/mol. The molecule has 1 aliphatic rings. The summed E-state index contributed by atoms with van der Waals surface area (Å²) in [6, 6.07) is 8.19. The van der Waals surface area contributed by atoms with Gasteiger partial charge in [0.1, 0.15) is 5.82 Å². The topological polar surface area (TPSA) is 79.5 Å². The number of hydrogen-bond acceptors (Lipinski definition) is 3. The van der Waals surface area contributed by atoms with Gasteiger partial charge in [0.25, 0.3) is 0 Å². The first kappa shape index (κ1) is 15.3. The molecule has 0 aliphatic carbocycles. The Labute approximate surface area is 138 Å². The smallest absolute Gasteiger partial charge is 0.330 e. The van der Waals surface area contributed by atoms with Gasteiger partial charge in [-0.1, -0.05) is 17.7 Å². The molecule has 0 unspecified atom stereocenters. The van der Waals surface area contributed by atoms with Crippen molar-refractivity contribution in [3.8, 4) is 0 Å². The summed E-state index contributed by atoms with van der Waals surface area (Å²) in [5.74, 6) is 0.0266. The Morgan fingerprint density at radius 2 is 2.00 bits per heavy atom. The van der Waals surface area contributed by atoms with Gasteiger partial charge in [0.15, 0.2) is 0 Å². The Morgan fingerprint density at radius 3 is 2.74 bits per heavy atom. The molecule has 3 rings (SSSR count). The molecular formula is C16H15ClN4O2. The van der Waals surface area contributed by atoms with Gasteiger partial charge in [-0.05, 0) is 31.2 Å². The zero-order valence-electron chi connectivity index (χ0n) is 12.5. The average molecular weight is 331 g/mol. The highest BCUT2D eigenvalue weighted by Crippen LogP contribution is 2.29. The molecule has 3 amide bonds. The van der Waals surface area contributed by atoms with Crippen LogP contribution in [0.25, 0.3) is 0 Å². The molecule has 0 saturated carbocycles. The third-order valence-corrected chi connectivity index (χ3v) is 4.23. The van der Waals surface area contributed by atoms with Crippen LogP contribution in [-0.2, 0) is 0 Å². The molecule has 2 N–H and O–H groups in total. The van der Waals surface area contributed by atoms with Crippen molar-refractivity contribution in [1.82, 2.24) is 4.98 Å². The zero-order chi connectivity index (χ0) is 16.6. The van der Waals surface area contributed by atoms with Crippen LogP contribution in [0.15, 0.2) is 36.5 Å². The Morgan fingerprint density at radius 1 is 1.26 bits per heavy atom. The second kappa shape index (κ2) is 5.89. The van der Waals surface area contributed by atoms with E-state index in [2.05, 4.69) is 4.98 Å². The number of urea groups is 1. The number of halogens is 1. The van der Waals surface area contributed by atoms with Crippen molar-refractivity contribution in [3.63, 3.8) is 0 Å². The number of aromatic nitrogens is 1. The molecule has 2 aromatic rings. The van der Waals surface area contributed by atoms with Crippen LogP contribution < -0.4 is 15.5 Å². The predicted octanol–water partition coefficient (Wildman–Crippen LogP) is 2.59. The van der Waals surface area contributed by atoms with Crippen LogP contribution in [0, 0.1) is 6.92 Å². The Bertz CT molecular complexity index is 793. The number of pyridine rings is 1. The van der Waals surface area contributed by atoms with Crippen LogP contribution in [-0.4, -0.2) is 30.0 Å². The van der Waals surface area contributed by atoms with Crippen LogP contribution in [0.2, 0.25) is 5.02 Å². The number of rotatable bonds is 3. The second-order valence-corrected chi connectivity index (χ2v) is 5.65. The number of carbonyl (C=O) groups excluding carboxylic acids is 2. The monoisotopic (exact) mass is 330 g/mol. The highest BCUT2D eigenvalue weighted by molar-refractivity contribution is 6.31. The van der Waals surface area contributed by atoms with Crippen molar-refractivity contribution >= 4 is 35.0 Å². The number of primary amides is 1. The molecule has 23 heavy (non-hydrogen) atoms. The molecule has 0 radical (unpaired) electrons. The first-order valence-electron chi connectivity index (χ1n) is 7.09. The van der Waals surface area contributed by atoms with Gasteiger partial charge in [0.05, 0.1) is 0 Å². The minimum Gasteiger partial charge on any atom is -0.366 e. The Hall–Kier alpha value is -2.60. The number of benzene rings is 1. The van der Waals surface area contributed by atoms with Crippen molar-refractivity contribution in [2.45, 2.75) is 6.92 Å². The molecule has 0 spiro atoms. The molecule has 1 aromatic heterocycles. The molecule has 6 nitrogen and oxygen atoms in total. The van der Waals surface area contributed by atoms with Gasteiger partial charge in [0, 0.05) is 41.1 Å². The van der Waals surface area contributed by atoms with Gasteiger partial charge in [-0.25, -0.2) is 9.78 Å². The largest absolute Gasteiger partial charge is 0.366 e. The van der Waals surface area contributed by atoms with E-state index in [0.717, 1.165) is 5.56 Å². The van der Waals surface area contributed by atoms with Gasteiger partial charge in [0.2, 0.25) is 5.91 Å². The molecular weight excluding hydrogens is 316 g/mol. The van der Waals surface area contributed by atoms with E-state index < -0.39 is 5.91 Å². The van der Waals surface area contributed by atoms with Gasteiger partial charge in [-0.2, -0.15) is 0 Å². The van der Waals surface area contributed by atoms with Crippen molar-refractivity contribution in [2.75, 3.05) is 22.9 Å². The summed E-state index contributed by atoms with van der Waals surface area (Å²) in [5, 5.41) is 0.567. The highest BCUT2D eigenvalue weighted by Gasteiger charge is 2.32. The summed E-state index contributed by atoms with van der Waals surface area (Å²) in [4.78, 5) is 31.4. The van der Waals surface area contributed by atoms with Crippen LogP contribution in [0.1, 0.15) is 15.9 Å². The van der Waals surface area contributed by atoms with Gasteiger partial charge < -0.3 is 5.73 Å². The average Bonchev–Trinajstić information content (AvgIpc) is 2.92. The summed E-state index contributed by atoms with van der Waals surface area (Å²) in [5.41, 5.74) is 7.05. The lowest BCUT2D eigenvalue weighted by molar-refractivity contribution is 0.1000. The molecule has 1 fully saturated rings. The fourth-order valence-electron chi connectivity index (χ4n) is 2.57. The number of hydrogen-bond donors (Lipinski definition) is 1. The number of carbonyl (C=O) groups is 2. The van der Waals surface area contributed by atoms with Crippen molar-refractivity contribution in [3.05, 3.63) is 52.7 Å². The maximum atomic E-state index is 12.7. The lowest BCUT2D eigenvalue weighted by Gasteiger charge is -2.20. The molecule has 2 heterocycles.